The van der Waals surface area contributed by atoms with E-state index in [4.69, 9.17) is 9.47 Å². The number of benzene rings is 2. The third kappa shape index (κ3) is 3.60. The molecule has 2 rings (SSSR count). The van der Waals surface area contributed by atoms with Gasteiger partial charge in [-0.2, -0.15) is 0 Å². The molecule has 1 atom stereocenters. The second-order valence-electron chi connectivity index (χ2n) is 5.70. The van der Waals surface area contributed by atoms with Crippen LogP contribution in [0.1, 0.15) is 18.9 Å². The van der Waals surface area contributed by atoms with Gasteiger partial charge in [0.25, 0.3) is 0 Å². The fourth-order valence-electron chi connectivity index (χ4n) is 2.74. The van der Waals surface area contributed by atoms with Crippen molar-refractivity contribution in [2.75, 3.05) is 27.7 Å². The van der Waals surface area contributed by atoms with E-state index in [1.54, 1.807) is 7.11 Å². The summed E-state index contributed by atoms with van der Waals surface area (Å²) < 4.78 is 11.9. The summed E-state index contributed by atoms with van der Waals surface area (Å²) in [7, 11) is 5.81. The van der Waals surface area contributed by atoms with Gasteiger partial charge >= 0.3 is 0 Å². The van der Waals surface area contributed by atoms with Gasteiger partial charge in [-0.3, -0.25) is 0 Å². The molecule has 3 nitrogen and oxygen atoms in total. The summed E-state index contributed by atoms with van der Waals surface area (Å²) in [5, 5.41) is 0. The first-order chi connectivity index (χ1) is 10.6. The Balaban J connectivity index is 2.44. The summed E-state index contributed by atoms with van der Waals surface area (Å²) in [5.74, 6) is 1.53. The molecule has 0 fully saturated rings. The molecular formula is C19H25NO2. The Labute approximate surface area is 133 Å². The van der Waals surface area contributed by atoms with Crippen molar-refractivity contribution in [1.82, 2.24) is 4.90 Å². The predicted octanol–water partition coefficient (Wildman–Crippen LogP) is 3.94. The Kier molecular flexibility index (Phi) is 5.45. The molecule has 0 radical (unpaired) electrons. The van der Waals surface area contributed by atoms with Crippen molar-refractivity contribution in [2.24, 2.45) is 0 Å². The lowest BCUT2D eigenvalue weighted by Crippen LogP contribution is -2.42. The molecule has 2 aromatic carbocycles. The van der Waals surface area contributed by atoms with Gasteiger partial charge in [0.05, 0.1) is 7.11 Å². The Morgan fingerprint density at radius 1 is 0.909 bits per heavy atom. The number of para-hydroxylation sites is 2. The molecule has 0 aliphatic heterocycles. The summed E-state index contributed by atoms with van der Waals surface area (Å²) >= 11 is 0. The number of rotatable bonds is 7. The van der Waals surface area contributed by atoms with Crippen molar-refractivity contribution in [3.8, 4) is 11.5 Å². The lowest BCUT2D eigenvalue weighted by atomic mass is 9.90. The largest absolute Gasteiger partial charge is 0.493 e. The van der Waals surface area contributed by atoms with Crippen LogP contribution in [-0.2, 0) is 5.60 Å². The Hall–Kier alpha value is -2.00. The number of hydrogen-bond acceptors (Lipinski definition) is 3. The molecule has 0 N–H and O–H groups in total. The molecule has 2 aromatic rings. The van der Waals surface area contributed by atoms with Crippen LogP contribution in [0.15, 0.2) is 54.6 Å². The zero-order valence-corrected chi connectivity index (χ0v) is 13.9. The van der Waals surface area contributed by atoms with E-state index in [9.17, 15) is 0 Å². The van der Waals surface area contributed by atoms with E-state index in [-0.39, 0.29) is 0 Å². The number of hydrogen-bond donors (Lipinski definition) is 0. The van der Waals surface area contributed by atoms with E-state index in [1.165, 1.54) is 5.56 Å². The van der Waals surface area contributed by atoms with Gasteiger partial charge in [-0.1, -0.05) is 49.4 Å². The van der Waals surface area contributed by atoms with Crippen LogP contribution in [0.5, 0.6) is 11.5 Å². The third-order valence-electron chi connectivity index (χ3n) is 3.82. The first-order valence-corrected chi connectivity index (χ1v) is 7.63. The van der Waals surface area contributed by atoms with Gasteiger partial charge in [0, 0.05) is 6.54 Å². The fraction of sp³-hybridized carbons (Fsp3) is 0.368. The van der Waals surface area contributed by atoms with E-state index in [0.29, 0.717) is 0 Å². The molecule has 118 valence electrons. The van der Waals surface area contributed by atoms with E-state index in [0.717, 1.165) is 24.5 Å². The van der Waals surface area contributed by atoms with Gasteiger partial charge < -0.3 is 14.4 Å². The molecule has 22 heavy (non-hydrogen) atoms. The Bertz CT molecular complexity index is 583. The molecule has 0 saturated carbocycles. The first-order valence-electron chi connectivity index (χ1n) is 7.63. The summed E-state index contributed by atoms with van der Waals surface area (Å²) in [5.41, 5.74) is 0.774. The number of methoxy groups -OCH3 is 1. The highest BCUT2D eigenvalue weighted by Crippen LogP contribution is 2.36. The molecular weight excluding hydrogens is 274 g/mol. The Morgan fingerprint density at radius 2 is 1.50 bits per heavy atom. The minimum atomic E-state index is -0.403. The molecule has 0 bridgehead atoms. The average molecular weight is 299 g/mol. The second kappa shape index (κ2) is 7.32. The summed E-state index contributed by atoms with van der Waals surface area (Å²) in [6.07, 6.45) is 0.868. The van der Waals surface area contributed by atoms with Crippen LogP contribution in [0.25, 0.3) is 0 Å². The fourth-order valence-corrected chi connectivity index (χ4v) is 2.74. The maximum absolute atomic E-state index is 6.50. The summed E-state index contributed by atoms with van der Waals surface area (Å²) in [6, 6.07) is 18.2. The molecule has 0 aliphatic rings. The highest BCUT2D eigenvalue weighted by molar-refractivity contribution is 5.41. The maximum atomic E-state index is 6.50. The topological polar surface area (TPSA) is 21.7 Å². The normalized spacial score (nSPS) is 13.7. The molecule has 0 amide bonds. The van der Waals surface area contributed by atoms with Crippen LogP contribution < -0.4 is 9.47 Å². The maximum Gasteiger partial charge on any atom is 0.162 e. The molecule has 0 aromatic heterocycles. The molecule has 0 saturated heterocycles. The van der Waals surface area contributed by atoms with Gasteiger partial charge in [0.2, 0.25) is 0 Å². The van der Waals surface area contributed by atoms with E-state index >= 15 is 0 Å². The van der Waals surface area contributed by atoms with E-state index < -0.39 is 5.60 Å². The quantitative estimate of drug-likeness (QED) is 0.773. The Morgan fingerprint density at radius 3 is 2.05 bits per heavy atom. The highest BCUT2D eigenvalue weighted by Gasteiger charge is 2.34. The highest BCUT2D eigenvalue weighted by atomic mass is 16.5. The van der Waals surface area contributed by atoms with Crippen LogP contribution >= 0.6 is 0 Å². The number of nitrogens with zero attached hydrogens (tertiary/aromatic N) is 1. The second-order valence-corrected chi connectivity index (χ2v) is 5.70. The van der Waals surface area contributed by atoms with Gasteiger partial charge in [-0.15, -0.1) is 0 Å². The third-order valence-corrected chi connectivity index (χ3v) is 3.82. The molecule has 0 aliphatic carbocycles. The average Bonchev–Trinajstić information content (AvgIpc) is 2.55. The molecule has 0 heterocycles. The lowest BCUT2D eigenvalue weighted by Gasteiger charge is -2.36. The standard InChI is InChI=1S/C19H25NO2/c1-5-19(15-20(2)3,16-11-7-6-8-12-16)22-18-14-10-9-13-17(18)21-4/h6-14H,5,15H2,1-4H3. The monoisotopic (exact) mass is 299 g/mol. The van der Waals surface area contributed by atoms with Crippen LogP contribution in [0, 0.1) is 0 Å². The summed E-state index contributed by atoms with van der Waals surface area (Å²) in [6.45, 7) is 2.96. The zero-order chi connectivity index (χ0) is 16.0. The summed E-state index contributed by atoms with van der Waals surface area (Å²) in [4.78, 5) is 2.16. The van der Waals surface area contributed by atoms with Crippen molar-refractivity contribution >= 4 is 0 Å². The van der Waals surface area contributed by atoms with Crippen LogP contribution in [0.4, 0.5) is 0 Å². The van der Waals surface area contributed by atoms with Crippen LogP contribution in [-0.4, -0.2) is 32.6 Å². The van der Waals surface area contributed by atoms with E-state index in [2.05, 4.69) is 50.2 Å². The minimum absolute atomic E-state index is 0.403. The van der Waals surface area contributed by atoms with Gasteiger partial charge in [0.1, 0.15) is 5.60 Å². The number of likely N-dealkylation sites (N-methyl/N-ethyl adjacent to an activating group) is 1. The van der Waals surface area contributed by atoms with Gasteiger partial charge in [0.15, 0.2) is 11.5 Å². The lowest BCUT2D eigenvalue weighted by molar-refractivity contribution is 0.0316. The predicted molar refractivity (Wildman–Crippen MR) is 90.6 cm³/mol. The van der Waals surface area contributed by atoms with Crippen molar-refractivity contribution in [1.29, 1.82) is 0 Å². The smallest absolute Gasteiger partial charge is 0.162 e. The van der Waals surface area contributed by atoms with Gasteiger partial charge in [-0.25, -0.2) is 0 Å². The van der Waals surface area contributed by atoms with Crippen molar-refractivity contribution in [2.45, 2.75) is 18.9 Å². The SMILES string of the molecule is CCC(CN(C)C)(Oc1ccccc1OC)c1ccccc1. The van der Waals surface area contributed by atoms with Crippen molar-refractivity contribution in [3.05, 3.63) is 60.2 Å². The molecule has 1 unspecified atom stereocenters. The van der Waals surface area contributed by atoms with Gasteiger partial charge in [-0.05, 0) is 38.2 Å². The molecule has 3 heteroatoms. The van der Waals surface area contributed by atoms with Crippen LogP contribution in [0.2, 0.25) is 0 Å². The molecule has 0 spiro atoms. The first kappa shape index (κ1) is 16.4. The van der Waals surface area contributed by atoms with Crippen LogP contribution in [0.3, 0.4) is 0 Å². The minimum Gasteiger partial charge on any atom is -0.493 e. The van der Waals surface area contributed by atoms with E-state index in [1.807, 2.05) is 30.3 Å². The van der Waals surface area contributed by atoms with Crippen molar-refractivity contribution < 1.29 is 9.47 Å². The zero-order valence-electron chi connectivity index (χ0n) is 13.9. The van der Waals surface area contributed by atoms with Crippen molar-refractivity contribution in [3.63, 3.8) is 0 Å². The number of ether oxygens (including phenoxy) is 2.